The molecule has 0 aliphatic carbocycles. The second-order valence-corrected chi connectivity index (χ2v) is 5.01. The molecule has 0 saturated carbocycles. The highest BCUT2D eigenvalue weighted by molar-refractivity contribution is 6.09. The fourth-order valence-corrected chi connectivity index (χ4v) is 2.55. The van der Waals surface area contributed by atoms with E-state index in [1.807, 2.05) is 4.98 Å². The Kier molecular flexibility index (Phi) is 5.06. The maximum atomic E-state index is 12.2. The summed E-state index contributed by atoms with van der Waals surface area (Å²) in [5, 5.41) is 19.0. The summed E-state index contributed by atoms with van der Waals surface area (Å²) < 4.78 is 15.6. The Morgan fingerprint density at radius 2 is 1.42 bits per heavy atom. The van der Waals surface area contributed by atoms with Crippen LogP contribution in [0.15, 0.2) is 16.9 Å². The van der Waals surface area contributed by atoms with E-state index in [-0.39, 0.29) is 17.1 Å². The van der Waals surface area contributed by atoms with E-state index in [1.54, 1.807) is 0 Å². The number of methoxy groups -OCH3 is 3. The lowest BCUT2D eigenvalue weighted by atomic mass is 9.93. The van der Waals surface area contributed by atoms with E-state index in [0.717, 1.165) is 0 Å². The second kappa shape index (κ2) is 7.05. The summed E-state index contributed by atoms with van der Waals surface area (Å²) in [6.07, 6.45) is 0. The van der Waals surface area contributed by atoms with Crippen molar-refractivity contribution in [2.45, 2.75) is 0 Å². The number of rotatable bonds is 6. The highest BCUT2D eigenvalue weighted by atomic mass is 16.5. The van der Waals surface area contributed by atoms with Gasteiger partial charge in [-0.25, -0.2) is 9.59 Å². The number of carbonyl (C=O) groups is 2. The van der Waals surface area contributed by atoms with Gasteiger partial charge in [0, 0.05) is 17.7 Å². The third-order valence-electron chi connectivity index (χ3n) is 3.64. The van der Waals surface area contributed by atoms with Gasteiger partial charge in [-0.15, -0.1) is 0 Å². The molecule has 2 rings (SSSR count). The van der Waals surface area contributed by atoms with E-state index in [2.05, 4.69) is 0 Å². The minimum atomic E-state index is -1.64. The van der Waals surface area contributed by atoms with Crippen molar-refractivity contribution in [1.29, 1.82) is 0 Å². The summed E-state index contributed by atoms with van der Waals surface area (Å²) in [7, 11) is 3.97. The molecule has 10 heteroatoms. The molecule has 1 aromatic heterocycles. The van der Waals surface area contributed by atoms with Crippen molar-refractivity contribution in [2.75, 3.05) is 27.1 Å². The number of ether oxygens (including phenoxy) is 3. The van der Waals surface area contributed by atoms with Crippen LogP contribution < -0.4 is 25.5 Å². The fraction of sp³-hybridized carbons (Fsp3) is 0.188. The highest BCUT2D eigenvalue weighted by Crippen LogP contribution is 2.44. The zero-order valence-corrected chi connectivity index (χ0v) is 14.1. The van der Waals surface area contributed by atoms with E-state index in [1.165, 1.54) is 33.5 Å². The average Bonchev–Trinajstić information content (AvgIpc) is 2.58. The van der Waals surface area contributed by atoms with Crippen LogP contribution >= 0.6 is 0 Å². The van der Waals surface area contributed by atoms with Gasteiger partial charge in [0.15, 0.2) is 0 Å². The topological polar surface area (TPSA) is 161 Å². The molecule has 1 heterocycles. The molecule has 10 nitrogen and oxygen atoms in total. The van der Waals surface area contributed by atoms with Crippen LogP contribution in [0.5, 0.6) is 17.2 Å². The second-order valence-electron chi connectivity index (χ2n) is 5.01. The van der Waals surface area contributed by atoms with Crippen molar-refractivity contribution in [3.8, 4) is 28.4 Å². The van der Waals surface area contributed by atoms with Crippen LogP contribution in [0.1, 0.15) is 20.7 Å². The van der Waals surface area contributed by atoms with Crippen molar-refractivity contribution in [3.05, 3.63) is 33.6 Å². The van der Waals surface area contributed by atoms with Crippen LogP contribution in [-0.4, -0.2) is 48.5 Å². The summed E-state index contributed by atoms with van der Waals surface area (Å²) in [4.78, 5) is 37.6. The van der Waals surface area contributed by atoms with Crippen LogP contribution in [0.25, 0.3) is 11.1 Å². The number of carboxylic acid groups (broad SMARTS) is 2. The summed E-state index contributed by atoms with van der Waals surface area (Å²) in [6, 6.07) is 2.79. The number of aromatic nitrogens is 1. The minimum absolute atomic E-state index is 0.0381. The maximum absolute atomic E-state index is 12.2. The molecule has 1 aromatic carbocycles. The molecule has 0 aliphatic rings. The molecule has 0 fully saturated rings. The van der Waals surface area contributed by atoms with E-state index in [0.29, 0.717) is 5.75 Å². The molecule has 0 radical (unpaired) electrons. The number of nitrogens with two attached hydrogens (primary N) is 1. The van der Waals surface area contributed by atoms with Crippen LogP contribution in [0.2, 0.25) is 0 Å². The Bertz CT molecular complexity index is 923. The summed E-state index contributed by atoms with van der Waals surface area (Å²) in [5.41, 5.74) is 2.69. The number of pyridine rings is 1. The lowest BCUT2D eigenvalue weighted by molar-refractivity contribution is 0.0695. The number of aromatic amines is 1. The van der Waals surface area contributed by atoms with Crippen LogP contribution in [0.3, 0.4) is 0 Å². The van der Waals surface area contributed by atoms with Gasteiger partial charge in [-0.2, -0.15) is 0 Å². The van der Waals surface area contributed by atoms with Crippen LogP contribution in [0, 0.1) is 0 Å². The average molecular weight is 364 g/mol. The Morgan fingerprint density at radius 3 is 1.81 bits per heavy atom. The third kappa shape index (κ3) is 2.99. The first kappa shape index (κ1) is 18.6. The van der Waals surface area contributed by atoms with Gasteiger partial charge in [0.25, 0.3) is 5.56 Å². The third-order valence-corrected chi connectivity index (χ3v) is 3.64. The predicted octanol–water partition coefficient (Wildman–Crippen LogP) is 1.05. The molecule has 138 valence electrons. The van der Waals surface area contributed by atoms with Gasteiger partial charge in [-0.05, 0) is 0 Å². The molecule has 0 unspecified atom stereocenters. The number of hydrogen-bond acceptors (Lipinski definition) is 7. The van der Waals surface area contributed by atoms with Gasteiger partial charge in [-0.3, -0.25) is 4.79 Å². The number of nitrogens with one attached hydrogen (secondary N) is 1. The zero-order chi connectivity index (χ0) is 19.6. The standard InChI is InChI=1S/C16H16N2O8/c1-24-6-4-7(25-2)9(8(5-6)26-3)10-11(15(20)21)13(17)18-14(19)12(10)16(22)23/h4-5H,1-3H3,(H,20,21)(H,22,23)(H3,17,18,19). The Balaban J connectivity index is 3.12. The highest BCUT2D eigenvalue weighted by Gasteiger charge is 2.31. The molecule has 5 N–H and O–H groups in total. The maximum Gasteiger partial charge on any atom is 0.342 e. The molecule has 0 aliphatic heterocycles. The largest absolute Gasteiger partial charge is 0.496 e. The smallest absolute Gasteiger partial charge is 0.342 e. The monoisotopic (exact) mass is 364 g/mol. The molecule has 0 bridgehead atoms. The van der Waals surface area contributed by atoms with Crippen molar-refractivity contribution >= 4 is 17.8 Å². The Hall–Kier alpha value is -3.69. The van der Waals surface area contributed by atoms with Crippen molar-refractivity contribution in [3.63, 3.8) is 0 Å². The summed E-state index contributed by atoms with van der Waals surface area (Å²) in [5.74, 6) is -3.27. The van der Waals surface area contributed by atoms with Gasteiger partial charge in [0.2, 0.25) is 0 Å². The summed E-state index contributed by atoms with van der Waals surface area (Å²) >= 11 is 0. The van der Waals surface area contributed by atoms with Gasteiger partial charge < -0.3 is 35.1 Å². The lowest BCUT2D eigenvalue weighted by Crippen LogP contribution is -2.24. The van der Waals surface area contributed by atoms with Gasteiger partial charge in [0.1, 0.15) is 34.2 Å². The van der Waals surface area contributed by atoms with Gasteiger partial charge in [-0.1, -0.05) is 0 Å². The SMILES string of the molecule is COc1cc(OC)c(-c2c(C(=O)O)c(N)[nH]c(=O)c2C(=O)O)c(OC)c1. The number of hydrogen-bond donors (Lipinski definition) is 4. The number of anilines is 1. The van der Waals surface area contributed by atoms with Crippen molar-refractivity contribution < 1.29 is 34.0 Å². The molecular weight excluding hydrogens is 348 g/mol. The molecule has 0 atom stereocenters. The molecule has 0 amide bonds. The predicted molar refractivity (Wildman–Crippen MR) is 90.5 cm³/mol. The number of aromatic carboxylic acids is 2. The number of H-pyrrole nitrogens is 1. The first-order chi connectivity index (χ1) is 12.3. The lowest BCUT2D eigenvalue weighted by Gasteiger charge is -2.18. The van der Waals surface area contributed by atoms with E-state index in [4.69, 9.17) is 19.9 Å². The quantitative estimate of drug-likeness (QED) is 0.587. The Labute approximate surface area is 146 Å². The minimum Gasteiger partial charge on any atom is -0.496 e. The van der Waals surface area contributed by atoms with Crippen LogP contribution in [0.4, 0.5) is 5.82 Å². The van der Waals surface area contributed by atoms with E-state index < -0.39 is 40.0 Å². The summed E-state index contributed by atoms with van der Waals surface area (Å²) in [6.45, 7) is 0. The fourth-order valence-electron chi connectivity index (χ4n) is 2.55. The molecule has 2 aromatic rings. The molecule has 0 spiro atoms. The van der Waals surface area contributed by atoms with E-state index >= 15 is 0 Å². The van der Waals surface area contributed by atoms with Crippen molar-refractivity contribution in [2.24, 2.45) is 0 Å². The van der Waals surface area contributed by atoms with E-state index in [9.17, 15) is 24.6 Å². The van der Waals surface area contributed by atoms with Gasteiger partial charge >= 0.3 is 11.9 Å². The molecular formula is C16H16N2O8. The Morgan fingerprint density at radius 1 is 0.923 bits per heavy atom. The van der Waals surface area contributed by atoms with Gasteiger partial charge in [0.05, 0.1) is 26.9 Å². The molecule has 0 saturated heterocycles. The van der Waals surface area contributed by atoms with Crippen LogP contribution in [-0.2, 0) is 0 Å². The number of benzene rings is 1. The number of carboxylic acids is 2. The van der Waals surface area contributed by atoms with Crippen molar-refractivity contribution in [1.82, 2.24) is 4.98 Å². The normalized spacial score (nSPS) is 10.3. The molecule has 26 heavy (non-hydrogen) atoms. The first-order valence-corrected chi connectivity index (χ1v) is 7.09. The first-order valence-electron chi connectivity index (χ1n) is 7.09. The zero-order valence-electron chi connectivity index (χ0n) is 14.1. The number of nitrogen functional groups attached to an aromatic ring is 1.